The smallest absolute Gasteiger partial charge is 0.261 e. The van der Waals surface area contributed by atoms with Crippen LogP contribution in [-0.4, -0.2) is 69.7 Å². The number of benzene rings is 1. The molecule has 0 radical (unpaired) electrons. The molecular formula is C22H26ClN5O3S. The van der Waals surface area contributed by atoms with Gasteiger partial charge in [-0.2, -0.15) is 0 Å². The number of hydrogen-bond acceptors (Lipinski definition) is 7. The molecule has 0 aliphatic carbocycles. The van der Waals surface area contributed by atoms with E-state index < -0.39 is 0 Å². The summed E-state index contributed by atoms with van der Waals surface area (Å²) < 4.78 is 6.10. The number of amidine groups is 1. The van der Waals surface area contributed by atoms with E-state index in [9.17, 15) is 4.79 Å². The lowest BCUT2D eigenvalue weighted by Crippen LogP contribution is -2.37. The topological polar surface area (TPSA) is 89.9 Å². The molecule has 32 heavy (non-hydrogen) atoms. The molecule has 0 bridgehead atoms. The highest BCUT2D eigenvalue weighted by Crippen LogP contribution is 2.31. The summed E-state index contributed by atoms with van der Waals surface area (Å²) in [6.45, 7) is 3.23. The van der Waals surface area contributed by atoms with Gasteiger partial charge in [-0.1, -0.05) is 23.7 Å². The Morgan fingerprint density at radius 1 is 1.31 bits per heavy atom. The lowest BCUT2D eigenvalue weighted by atomic mass is 10.0. The van der Waals surface area contributed by atoms with Crippen molar-refractivity contribution in [3.05, 3.63) is 56.7 Å². The minimum atomic E-state index is -0.304. The van der Waals surface area contributed by atoms with Crippen molar-refractivity contribution in [2.24, 2.45) is 0 Å². The van der Waals surface area contributed by atoms with E-state index in [1.54, 1.807) is 17.0 Å². The van der Waals surface area contributed by atoms with Gasteiger partial charge in [-0.05, 0) is 24.3 Å². The van der Waals surface area contributed by atoms with Crippen LogP contribution in [-0.2, 0) is 9.57 Å². The molecule has 4 rings (SSSR count). The Kier molecular flexibility index (Phi) is 7.00. The number of halogens is 1. The van der Waals surface area contributed by atoms with Crippen LogP contribution in [0.5, 0.6) is 0 Å². The van der Waals surface area contributed by atoms with E-state index in [0.717, 1.165) is 35.6 Å². The first-order chi connectivity index (χ1) is 15.4. The van der Waals surface area contributed by atoms with Crippen molar-refractivity contribution < 1.29 is 14.4 Å². The molecule has 2 aliphatic heterocycles. The lowest BCUT2D eigenvalue weighted by molar-refractivity contribution is 0.0499. The molecule has 1 atom stereocenters. The van der Waals surface area contributed by atoms with Crippen LogP contribution in [0.3, 0.4) is 0 Å². The Bertz CT molecular complexity index is 1030. The number of carbonyl (C=O) groups excluding carboxylic acids is 1. The zero-order chi connectivity index (χ0) is 22.7. The monoisotopic (exact) mass is 475 g/mol. The fraction of sp³-hybridized carbons (Fsp3) is 0.364. The van der Waals surface area contributed by atoms with Gasteiger partial charge in [-0.3, -0.25) is 20.5 Å². The van der Waals surface area contributed by atoms with Crippen LogP contribution in [0.2, 0.25) is 4.34 Å². The summed E-state index contributed by atoms with van der Waals surface area (Å²) in [6, 6.07) is 9.41. The molecule has 3 N–H and O–H groups in total. The molecule has 1 amide bonds. The second-order valence-corrected chi connectivity index (χ2v) is 9.44. The van der Waals surface area contributed by atoms with E-state index in [2.05, 4.69) is 15.7 Å². The van der Waals surface area contributed by atoms with E-state index >= 15 is 0 Å². The highest BCUT2D eigenvalue weighted by atomic mass is 35.5. The minimum Gasteiger partial charge on any atom is -0.378 e. The molecule has 1 aromatic carbocycles. The molecule has 8 nitrogen and oxygen atoms in total. The second kappa shape index (κ2) is 9.91. The number of amides is 1. The first kappa shape index (κ1) is 22.6. The highest BCUT2D eigenvalue weighted by Gasteiger charge is 2.24. The molecule has 1 unspecified atom stereocenters. The number of hydrogen-bond donors (Lipinski definition) is 3. The Balaban J connectivity index is 1.52. The number of ether oxygens (including phenoxy) is 1. The van der Waals surface area contributed by atoms with Gasteiger partial charge in [0.25, 0.3) is 5.91 Å². The van der Waals surface area contributed by atoms with Crippen molar-refractivity contribution in [3.63, 3.8) is 0 Å². The van der Waals surface area contributed by atoms with E-state index in [1.165, 1.54) is 11.3 Å². The molecule has 0 spiro atoms. The van der Waals surface area contributed by atoms with Gasteiger partial charge in [0.15, 0.2) is 0 Å². The summed E-state index contributed by atoms with van der Waals surface area (Å²) in [5.74, 6) is 0.276. The number of carbonyl (C=O) groups is 1. The van der Waals surface area contributed by atoms with Crippen LogP contribution in [0.15, 0.2) is 36.4 Å². The Hall–Kier alpha value is -2.59. The molecule has 0 saturated carbocycles. The summed E-state index contributed by atoms with van der Waals surface area (Å²) in [5.41, 5.74) is 6.71. The summed E-state index contributed by atoms with van der Waals surface area (Å²) in [5, 5.41) is 11.2. The fourth-order valence-corrected chi connectivity index (χ4v) is 4.55. The predicted molar refractivity (Wildman–Crippen MR) is 128 cm³/mol. The number of hydroxylamine groups is 1. The number of nitrogens with zero attached hydrogens (tertiary/aromatic N) is 2. The van der Waals surface area contributed by atoms with E-state index in [0.29, 0.717) is 34.8 Å². The molecule has 1 saturated heterocycles. The summed E-state index contributed by atoms with van der Waals surface area (Å²) in [4.78, 5) is 22.6. The maximum absolute atomic E-state index is 12.3. The van der Waals surface area contributed by atoms with Gasteiger partial charge in [-0.25, -0.2) is 0 Å². The van der Waals surface area contributed by atoms with Crippen molar-refractivity contribution >= 4 is 46.1 Å². The fourth-order valence-electron chi connectivity index (χ4n) is 3.59. The lowest BCUT2D eigenvalue weighted by Gasteiger charge is -2.31. The standard InChI is InChI=1S/C22H26ClN5O3S/c1-27(2)21(24)14-3-4-16(18(11-14)28-7-9-30-10-8-28)17-12-15(31-26-17)13-25-22(29)19-5-6-20(23)32-19/h3-6,11-12,15,24,26H,7-10,13H2,1-2H3,(H,25,29). The maximum Gasteiger partial charge on any atom is 0.261 e. The van der Waals surface area contributed by atoms with Gasteiger partial charge in [0.2, 0.25) is 0 Å². The van der Waals surface area contributed by atoms with E-state index in [4.69, 9.17) is 26.6 Å². The van der Waals surface area contributed by atoms with E-state index in [-0.39, 0.29) is 12.0 Å². The maximum atomic E-state index is 12.3. The Morgan fingerprint density at radius 2 is 2.09 bits per heavy atom. The van der Waals surface area contributed by atoms with Crippen molar-refractivity contribution in [2.75, 3.05) is 51.8 Å². The number of nitrogens with one attached hydrogen (secondary N) is 3. The zero-order valence-corrected chi connectivity index (χ0v) is 19.6. The van der Waals surface area contributed by atoms with Crippen LogP contribution in [0.1, 0.15) is 20.8 Å². The van der Waals surface area contributed by atoms with Gasteiger partial charge < -0.3 is 19.9 Å². The molecular weight excluding hydrogens is 450 g/mol. The van der Waals surface area contributed by atoms with Crippen LogP contribution in [0, 0.1) is 5.41 Å². The van der Waals surface area contributed by atoms with Gasteiger partial charge in [0.1, 0.15) is 11.9 Å². The molecule has 1 aromatic heterocycles. The third-order valence-electron chi connectivity index (χ3n) is 5.29. The van der Waals surface area contributed by atoms with Crippen molar-refractivity contribution in [1.82, 2.24) is 15.7 Å². The summed E-state index contributed by atoms with van der Waals surface area (Å²) in [7, 11) is 3.73. The predicted octanol–water partition coefficient (Wildman–Crippen LogP) is 2.80. The quantitative estimate of drug-likeness (QED) is 0.439. The van der Waals surface area contributed by atoms with E-state index in [1.807, 2.05) is 38.4 Å². The number of morpholine rings is 1. The van der Waals surface area contributed by atoms with Crippen molar-refractivity contribution in [1.29, 1.82) is 5.41 Å². The van der Waals surface area contributed by atoms with Crippen LogP contribution in [0.4, 0.5) is 5.69 Å². The average molecular weight is 476 g/mol. The summed E-state index contributed by atoms with van der Waals surface area (Å²) in [6.07, 6.45) is 1.67. The Morgan fingerprint density at radius 3 is 2.78 bits per heavy atom. The van der Waals surface area contributed by atoms with Crippen LogP contribution in [0.25, 0.3) is 5.70 Å². The van der Waals surface area contributed by atoms with Gasteiger partial charge in [0, 0.05) is 44.0 Å². The molecule has 1 fully saturated rings. The largest absolute Gasteiger partial charge is 0.378 e. The number of anilines is 1. The first-order valence-electron chi connectivity index (χ1n) is 10.3. The third-order valence-corrected chi connectivity index (χ3v) is 6.52. The number of rotatable bonds is 6. The molecule has 2 aliphatic rings. The normalized spacial score (nSPS) is 18.2. The average Bonchev–Trinajstić information content (AvgIpc) is 3.46. The van der Waals surface area contributed by atoms with Gasteiger partial charge in [0.05, 0.1) is 34.7 Å². The van der Waals surface area contributed by atoms with Crippen LogP contribution >= 0.6 is 22.9 Å². The highest BCUT2D eigenvalue weighted by molar-refractivity contribution is 7.18. The third kappa shape index (κ3) is 5.07. The molecule has 10 heteroatoms. The van der Waals surface area contributed by atoms with Gasteiger partial charge >= 0.3 is 0 Å². The zero-order valence-electron chi connectivity index (χ0n) is 18.0. The van der Waals surface area contributed by atoms with Crippen molar-refractivity contribution in [2.45, 2.75) is 6.10 Å². The van der Waals surface area contributed by atoms with Gasteiger partial charge in [-0.15, -0.1) is 11.3 Å². The first-order valence-corrected chi connectivity index (χ1v) is 11.5. The minimum absolute atomic E-state index is 0.173. The molecule has 2 aromatic rings. The second-order valence-electron chi connectivity index (χ2n) is 7.73. The molecule has 3 heterocycles. The van der Waals surface area contributed by atoms with Crippen LogP contribution < -0.4 is 15.7 Å². The SMILES string of the molecule is CN(C)C(=N)c1ccc(C2=CC(CNC(=O)c3ccc(Cl)s3)ON2)c(N2CCOCC2)c1. The Labute approximate surface area is 196 Å². The number of thiophene rings is 1. The van der Waals surface area contributed by atoms with Crippen molar-refractivity contribution in [3.8, 4) is 0 Å². The summed E-state index contributed by atoms with van der Waals surface area (Å²) >= 11 is 7.16. The molecule has 170 valence electrons.